The third-order valence-electron chi connectivity index (χ3n) is 2.03. The number of nitrogens with one attached hydrogen (secondary N) is 1. The molecule has 0 radical (unpaired) electrons. The van der Waals surface area contributed by atoms with Crippen molar-refractivity contribution in [1.82, 2.24) is 10.2 Å². The number of H-pyrrole nitrogens is 1. The Kier molecular flexibility index (Phi) is 1.57. The minimum absolute atomic E-state index is 0.147. The van der Waals surface area contributed by atoms with Crippen molar-refractivity contribution in [1.29, 1.82) is 0 Å². The molecule has 0 aliphatic heterocycles. The summed E-state index contributed by atoms with van der Waals surface area (Å²) in [6.07, 6.45) is 2.36. The van der Waals surface area contributed by atoms with Crippen molar-refractivity contribution in [3.8, 4) is 0 Å². The van der Waals surface area contributed by atoms with Gasteiger partial charge in [0.2, 0.25) is 0 Å². The maximum Gasteiger partial charge on any atom is 0.127 e. The van der Waals surface area contributed by atoms with Crippen LogP contribution >= 0.6 is 0 Å². The summed E-state index contributed by atoms with van der Waals surface area (Å²) in [4.78, 5) is 0. The Morgan fingerprint density at radius 3 is 3.08 bits per heavy atom. The zero-order valence-corrected chi connectivity index (χ0v) is 6.76. The van der Waals surface area contributed by atoms with Gasteiger partial charge in [-0.05, 0) is 24.1 Å². The van der Waals surface area contributed by atoms with Crippen LogP contribution in [0.15, 0.2) is 18.3 Å². The smallest absolute Gasteiger partial charge is 0.127 e. The monoisotopic (exact) mass is 164 g/mol. The molecule has 0 spiro atoms. The highest BCUT2D eigenvalue weighted by atomic mass is 19.1. The van der Waals surface area contributed by atoms with Gasteiger partial charge >= 0.3 is 0 Å². The Morgan fingerprint density at radius 1 is 1.50 bits per heavy atom. The normalized spacial score (nSPS) is 10.8. The number of rotatable bonds is 1. The lowest BCUT2D eigenvalue weighted by molar-refractivity contribution is 0.615. The molecule has 0 unspecified atom stereocenters. The Balaban J connectivity index is 2.83. The molecule has 62 valence electrons. The number of nitrogens with zero attached hydrogens (tertiary/aromatic N) is 1. The number of benzene rings is 1. The van der Waals surface area contributed by atoms with Crippen LogP contribution in [0.1, 0.15) is 12.5 Å². The molecule has 0 atom stereocenters. The van der Waals surface area contributed by atoms with Gasteiger partial charge in [-0.15, -0.1) is 0 Å². The Hall–Kier alpha value is -1.38. The van der Waals surface area contributed by atoms with Gasteiger partial charge in [0.25, 0.3) is 0 Å². The summed E-state index contributed by atoms with van der Waals surface area (Å²) >= 11 is 0. The van der Waals surface area contributed by atoms with Gasteiger partial charge in [0, 0.05) is 5.39 Å². The van der Waals surface area contributed by atoms with Crippen LogP contribution in [0.2, 0.25) is 0 Å². The zero-order chi connectivity index (χ0) is 8.55. The Labute approximate surface area is 69.4 Å². The lowest BCUT2D eigenvalue weighted by Crippen LogP contribution is -1.87. The van der Waals surface area contributed by atoms with Gasteiger partial charge in [0.1, 0.15) is 5.82 Å². The lowest BCUT2D eigenvalue weighted by atomic mass is 10.1. The number of aromatic nitrogens is 2. The summed E-state index contributed by atoms with van der Waals surface area (Å²) in [5.74, 6) is -0.147. The van der Waals surface area contributed by atoms with E-state index in [2.05, 4.69) is 10.2 Å². The number of hydrogen-bond acceptors (Lipinski definition) is 1. The minimum Gasteiger partial charge on any atom is -0.278 e. The Bertz CT molecular complexity index is 406. The second kappa shape index (κ2) is 2.59. The summed E-state index contributed by atoms with van der Waals surface area (Å²) in [5.41, 5.74) is 1.63. The maximum absolute atomic E-state index is 13.2. The molecule has 3 heteroatoms. The van der Waals surface area contributed by atoms with Crippen LogP contribution in [-0.4, -0.2) is 10.2 Å². The average Bonchev–Trinajstić information content (AvgIpc) is 2.52. The molecule has 2 aromatic rings. The van der Waals surface area contributed by atoms with E-state index in [0.717, 1.165) is 16.5 Å². The number of halogens is 1. The summed E-state index contributed by atoms with van der Waals surface area (Å²) in [5, 5.41) is 7.55. The second-order valence-corrected chi connectivity index (χ2v) is 2.71. The van der Waals surface area contributed by atoms with E-state index in [0.29, 0.717) is 6.42 Å². The highest BCUT2D eigenvalue weighted by Crippen LogP contribution is 2.19. The Morgan fingerprint density at radius 2 is 2.33 bits per heavy atom. The molecular formula is C9H9FN2. The first kappa shape index (κ1) is 7.28. The predicted molar refractivity (Wildman–Crippen MR) is 45.4 cm³/mol. The van der Waals surface area contributed by atoms with Crippen molar-refractivity contribution < 1.29 is 4.39 Å². The van der Waals surface area contributed by atoms with E-state index in [-0.39, 0.29) is 5.82 Å². The number of hydrogen-bond donors (Lipinski definition) is 1. The fraction of sp³-hybridized carbons (Fsp3) is 0.222. The molecule has 0 fully saturated rings. The number of fused-ring (bicyclic) bond motifs is 1. The van der Waals surface area contributed by atoms with E-state index in [1.54, 1.807) is 12.3 Å². The fourth-order valence-electron chi connectivity index (χ4n) is 1.41. The summed E-state index contributed by atoms with van der Waals surface area (Å²) in [6.45, 7) is 1.94. The number of aromatic amines is 1. The summed E-state index contributed by atoms with van der Waals surface area (Å²) in [7, 11) is 0. The van der Waals surface area contributed by atoms with Gasteiger partial charge in [-0.3, -0.25) is 5.10 Å². The van der Waals surface area contributed by atoms with Gasteiger partial charge < -0.3 is 0 Å². The molecule has 0 bridgehead atoms. The number of aryl methyl sites for hydroxylation is 1. The first-order valence-corrected chi connectivity index (χ1v) is 3.93. The molecule has 1 N–H and O–H groups in total. The van der Waals surface area contributed by atoms with E-state index in [1.807, 2.05) is 6.92 Å². The zero-order valence-electron chi connectivity index (χ0n) is 6.76. The molecular weight excluding hydrogens is 155 g/mol. The molecule has 1 heterocycles. The molecule has 2 rings (SSSR count). The van der Waals surface area contributed by atoms with Gasteiger partial charge in [0.05, 0.1) is 11.7 Å². The van der Waals surface area contributed by atoms with Crippen LogP contribution in [0.3, 0.4) is 0 Å². The van der Waals surface area contributed by atoms with Gasteiger partial charge in [-0.1, -0.05) is 6.92 Å². The maximum atomic E-state index is 13.2. The largest absolute Gasteiger partial charge is 0.278 e. The standard InChI is InChI=1S/C9H9FN2/c1-2-6-7-5-11-12-9(7)4-3-8(6)10/h3-5H,2H2,1H3,(H,11,12). The molecule has 2 nitrogen and oxygen atoms in total. The first-order chi connectivity index (χ1) is 5.83. The van der Waals surface area contributed by atoms with Crippen molar-refractivity contribution in [2.24, 2.45) is 0 Å². The van der Waals surface area contributed by atoms with Crippen LogP contribution < -0.4 is 0 Å². The topological polar surface area (TPSA) is 28.7 Å². The van der Waals surface area contributed by atoms with Gasteiger partial charge in [-0.2, -0.15) is 5.10 Å². The molecule has 1 aromatic carbocycles. The predicted octanol–water partition coefficient (Wildman–Crippen LogP) is 2.26. The SMILES string of the molecule is CCc1c(F)ccc2[nH]ncc12. The highest BCUT2D eigenvalue weighted by Gasteiger charge is 2.05. The third-order valence-corrected chi connectivity index (χ3v) is 2.03. The lowest BCUT2D eigenvalue weighted by Gasteiger charge is -1.99. The van der Waals surface area contributed by atoms with E-state index in [9.17, 15) is 4.39 Å². The molecule has 0 aliphatic carbocycles. The van der Waals surface area contributed by atoms with Crippen LogP contribution in [0.25, 0.3) is 10.9 Å². The van der Waals surface area contributed by atoms with Crippen molar-refractivity contribution in [2.75, 3.05) is 0 Å². The molecule has 12 heavy (non-hydrogen) atoms. The van der Waals surface area contributed by atoms with Gasteiger partial charge in [-0.25, -0.2) is 4.39 Å². The van der Waals surface area contributed by atoms with Crippen molar-refractivity contribution in [3.05, 3.63) is 29.7 Å². The summed E-state index contributed by atoms with van der Waals surface area (Å²) < 4.78 is 13.2. The third kappa shape index (κ3) is 0.897. The van der Waals surface area contributed by atoms with Crippen molar-refractivity contribution in [3.63, 3.8) is 0 Å². The van der Waals surface area contributed by atoms with Crippen LogP contribution in [0, 0.1) is 5.82 Å². The van der Waals surface area contributed by atoms with Crippen molar-refractivity contribution >= 4 is 10.9 Å². The molecule has 1 aromatic heterocycles. The van der Waals surface area contributed by atoms with E-state index < -0.39 is 0 Å². The van der Waals surface area contributed by atoms with Crippen molar-refractivity contribution in [2.45, 2.75) is 13.3 Å². The quantitative estimate of drug-likeness (QED) is 0.688. The molecule has 0 saturated carbocycles. The summed E-state index contributed by atoms with van der Waals surface area (Å²) in [6, 6.07) is 3.18. The minimum atomic E-state index is -0.147. The van der Waals surface area contributed by atoms with Crippen LogP contribution in [0.5, 0.6) is 0 Å². The van der Waals surface area contributed by atoms with Gasteiger partial charge in [0.15, 0.2) is 0 Å². The fourth-order valence-corrected chi connectivity index (χ4v) is 1.41. The average molecular weight is 164 g/mol. The van der Waals surface area contributed by atoms with E-state index in [4.69, 9.17) is 0 Å². The molecule has 0 aliphatic rings. The first-order valence-electron chi connectivity index (χ1n) is 3.93. The second-order valence-electron chi connectivity index (χ2n) is 2.71. The van der Waals surface area contributed by atoms with E-state index in [1.165, 1.54) is 6.07 Å². The molecule has 0 saturated heterocycles. The molecule has 0 amide bonds. The van der Waals surface area contributed by atoms with Crippen LogP contribution in [0.4, 0.5) is 4.39 Å². The highest BCUT2D eigenvalue weighted by molar-refractivity contribution is 5.81. The van der Waals surface area contributed by atoms with Crippen LogP contribution in [-0.2, 0) is 6.42 Å². The van der Waals surface area contributed by atoms with E-state index >= 15 is 0 Å².